The van der Waals surface area contributed by atoms with Crippen LogP contribution in [0.2, 0.25) is 0 Å². The molecular formula is C33H23F3N2O7. The highest BCUT2D eigenvalue weighted by Crippen LogP contribution is 2.44. The molecule has 45 heavy (non-hydrogen) atoms. The largest absolute Gasteiger partial charge is 0.573 e. The van der Waals surface area contributed by atoms with E-state index in [9.17, 15) is 32.3 Å². The molecule has 0 fully saturated rings. The summed E-state index contributed by atoms with van der Waals surface area (Å²) in [7, 11) is 0. The van der Waals surface area contributed by atoms with E-state index in [0.717, 1.165) is 34.4 Å². The van der Waals surface area contributed by atoms with Crippen molar-refractivity contribution in [1.29, 1.82) is 0 Å². The SMILES string of the molecule is O=C(NC(Cc1ccc(OC(F)(F)F)cc1)C(=O)ON1C(=O)c2ccccc2C1=O)OCC1c2ccccc2-c2ccccc21. The molecule has 2 aliphatic rings. The Morgan fingerprint density at radius 1 is 0.756 bits per heavy atom. The van der Waals surface area contributed by atoms with Crippen LogP contribution in [0, 0.1) is 0 Å². The summed E-state index contributed by atoms with van der Waals surface area (Å²) in [6.07, 6.45) is -6.16. The lowest BCUT2D eigenvalue weighted by Gasteiger charge is -2.21. The van der Waals surface area contributed by atoms with E-state index in [0.29, 0.717) is 10.6 Å². The van der Waals surface area contributed by atoms with Crippen molar-refractivity contribution in [1.82, 2.24) is 10.4 Å². The Labute approximate surface area is 254 Å². The Bertz CT molecular complexity index is 1730. The number of imide groups is 1. The van der Waals surface area contributed by atoms with E-state index in [2.05, 4.69) is 10.1 Å². The van der Waals surface area contributed by atoms with Crippen LogP contribution < -0.4 is 10.1 Å². The fourth-order valence-electron chi connectivity index (χ4n) is 5.44. The van der Waals surface area contributed by atoms with Gasteiger partial charge in [-0.05, 0) is 52.1 Å². The molecule has 4 aromatic rings. The summed E-state index contributed by atoms with van der Waals surface area (Å²) >= 11 is 0. The van der Waals surface area contributed by atoms with Gasteiger partial charge in [-0.3, -0.25) is 9.59 Å². The minimum Gasteiger partial charge on any atom is -0.449 e. The molecular weight excluding hydrogens is 593 g/mol. The van der Waals surface area contributed by atoms with Gasteiger partial charge in [0.15, 0.2) is 0 Å². The number of hydrogen-bond donors (Lipinski definition) is 1. The van der Waals surface area contributed by atoms with Gasteiger partial charge in [0.1, 0.15) is 18.4 Å². The van der Waals surface area contributed by atoms with E-state index in [4.69, 9.17) is 9.57 Å². The Morgan fingerprint density at radius 2 is 1.27 bits per heavy atom. The number of carbonyl (C=O) groups is 4. The van der Waals surface area contributed by atoms with E-state index >= 15 is 0 Å². The van der Waals surface area contributed by atoms with Crippen molar-refractivity contribution in [2.24, 2.45) is 0 Å². The van der Waals surface area contributed by atoms with Crippen LogP contribution >= 0.6 is 0 Å². The van der Waals surface area contributed by atoms with Crippen LogP contribution in [0.1, 0.15) is 43.3 Å². The highest BCUT2D eigenvalue weighted by atomic mass is 19.4. The fraction of sp³-hybridized carbons (Fsp3) is 0.152. The smallest absolute Gasteiger partial charge is 0.449 e. The first kappa shape index (κ1) is 29.4. The highest BCUT2D eigenvalue weighted by molar-refractivity contribution is 6.21. The van der Waals surface area contributed by atoms with Crippen molar-refractivity contribution in [3.8, 4) is 16.9 Å². The van der Waals surface area contributed by atoms with Crippen molar-refractivity contribution in [3.63, 3.8) is 0 Å². The maximum absolute atomic E-state index is 13.3. The Balaban J connectivity index is 1.18. The molecule has 1 unspecified atom stereocenters. The summed E-state index contributed by atoms with van der Waals surface area (Å²) in [5.41, 5.74) is 4.36. The Morgan fingerprint density at radius 3 is 1.80 bits per heavy atom. The van der Waals surface area contributed by atoms with Crippen LogP contribution in [0.5, 0.6) is 5.75 Å². The lowest BCUT2D eigenvalue weighted by atomic mass is 9.98. The first-order valence-electron chi connectivity index (χ1n) is 13.7. The molecule has 0 saturated carbocycles. The number of hydrogen-bond acceptors (Lipinski definition) is 7. The van der Waals surface area contributed by atoms with Gasteiger partial charge in [0.25, 0.3) is 11.8 Å². The third-order valence-electron chi connectivity index (χ3n) is 7.46. The zero-order chi connectivity index (χ0) is 31.7. The topological polar surface area (TPSA) is 111 Å². The van der Waals surface area contributed by atoms with Crippen LogP contribution in [0.3, 0.4) is 0 Å². The van der Waals surface area contributed by atoms with Crippen LogP contribution in [-0.4, -0.2) is 48.0 Å². The molecule has 1 aliphatic heterocycles. The van der Waals surface area contributed by atoms with E-state index in [1.165, 1.54) is 24.3 Å². The molecule has 1 heterocycles. The number of ether oxygens (including phenoxy) is 2. The minimum atomic E-state index is -4.90. The van der Waals surface area contributed by atoms with E-state index < -0.39 is 42.0 Å². The summed E-state index contributed by atoms with van der Waals surface area (Å²) in [4.78, 5) is 57.0. The zero-order valence-electron chi connectivity index (χ0n) is 23.2. The Kier molecular flexibility index (Phi) is 7.71. The van der Waals surface area contributed by atoms with Gasteiger partial charge in [0.05, 0.1) is 11.1 Å². The van der Waals surface area contributed by atoms with Crippen LogP contribution in [-0.2, 0) is 20.8 Å². The predicted molar refractivity (Wildman–Crippen MR) is 152 cm³/mol. The minimum absolute atomic E-state index is 0.0385. The molecule has 12 heteroatoms. The average Bonchev–Trinajstić information content (AvgIpc) is 3.47. The second kappa shape index (κ2) is 11.8. The molecule has 0 bridgehead atoms. The van der Waals surface area contributed by atoms with Gasteiger partial charge < -0.3 is 19.6 Å². The van der Waals surface area contributed by atoms with Crippen LogP contribution in [0.25, 0.3) is 11.1 Å². The third-order valence-corrected chi connectivity index (χ3v) is 7.46. The standard InChI is InChI=1S/C33H23F3N2O7/c34-33(35,36)44-20-15-13-19(14-16-20)17-28(31(41)45-38-29(39)25-11-5-6-12-26(25)30(38)40)37-32(42)43-18-27-23-9-3-1-7-21(23)22-8-2-4-10-24(22)27/h1-16,27-28H,17-18H2,(H,37,42). The summed E-state index contributed by atoms with van der Waals surface area (Å²) in [6.45, 7) is -0.0660. The Hall–Kier alpha value is -5.65. The molecule has 1 N–H and O–H groups in total. The number of amides is 3. The molecule has 0 spiro atoms. The second-order valence-electron chi connectivity index (χ2n) is 10.3. The van der Waals surface area contributed by atoms with Crippen molar-refractivity contribution in [3.05, 3.63) is 125 Å². The van der Waals surface area contributed by atoms with Crippen LogP contribution in [0.15, 0.2) is 97.1 Å². The predicted octanol–water partition coefficient (Wildman–Crippen LogP) is 5.79. The number of benzene rings is 4. The van der Waals surface area contributed by atoms with Crippen molar-refractivity contribution < 1.29 is 46.7 Å². The number of rotatable bonds is 8. The molecule has 0 radical (unpaired) electrons. The van der Waals surface area contributed by atoms with E-state index in [-0.39, 0.29) is 30.1 Å². The number of carbonyl (C=O) groups excluding carboxylic acids is 4. The normalized spacial score (nSPS) is 14.3. The molecule has 4 aromatic carbocycles. The van der Waals surface area contributed by atoms with Crippen molar-refractivity contribution in [2.45, 2.75) is 24.7 Å². The lowest BCUT2D eigenvalue weighted by molar-refractivity contribution is -0.274. The molecule has 9 nitrogen and oxygen atoms in total. The fourth-order valence-corrected chi connectivity index (χ4v) is 5.44. The van der Waals surface area contributed by atoms with Gasteiger partial charge in [-0.2, -0.15) is 0 Å². The van der Waals surface area contributed by atoms with Gasteiger partial charge in [0, 0.05) is 12.3 Å². The molecule has 1 atom stereocenters. The molecule has 3 amide bonds. The quantitative estimate of drug-likeness (QED) is 0.250. The number of hydroxylamine groups is 2. The van der Waals surface area contributed by atoms with Gasteiger partial charge in [0.2, 0.25) is 0 Å². The number of fused-ring (bicyclic) bond motifs is 4. The molecule has 6 rings (SSSR count). The number of alkyl carbamates (subject to hydrolysis) is 1. The van der Waals surface area contributed by atoms with E-state index in [1.807, 2.05) is 48.5 Å². The molecule has 1 aliphatic carbocycles. The van der Waals surface area contributed by atoms with Crippen molar-refractivity contribution in [2.75, 3.05) is 6.61 Å². The third kappa shape index (κ3) is 6.07. The number of nitrogens with one attached hydrogen (secondary N) is 1. The molecule has 0 saturated heterocycles. The summed E-state index contributed by atoms with van der Waals surface area (Å²) in [5, 5.41) is 2.72. The van der Waals surface area contributed by atoms with Gasteiger partial charge in [-0.25, -0.2) is 9.59 Å². The number of nitrogens with zero attached hydrogens (tertiary/aromatic N) is 1. The maximum Gasteiger partial charge on any atom is 0.573 e. The van der Waals surface area contributed by atoms with E-state index in [1.54, 1.807) is 12.1 Å². The van der Waals surface area contributed by atoms with Gasteiger partial charge in [-0.1, -0.05) is 77.9 Å². The average molecular weight is 617 g/mol. The lowest BCUT2D eigenvalue weighted by Crippen LogP contribution is -2.47. The number of halogens is 3. The number of alkyl halides is 3. The van der Waals surface area contributed by atoms with Gasteiger partial charge >= 0.3 is 18.4 Å². The summed E-state index contributed by atoms with van der Waals surface area (Å²) < 4.78 is 47.2. The second-order valence-corrected chi connectivity index (χ2v) is 10.3. The maximum atomic E-state index is 13.3. The highest BCUT2D eigenvalue weighted by Gasteiger charge is 2.40. The summed E-state index contributed by atoms with van der Waals surface area (Å²) in [6, 6.07) is 24.4. The van der Waals surface area contributed by atoms with Crippen LogP contribution in [0.4, 0.5) is 18.0 Å². The van der Waals surface area contributed by atoms with Crippen molar-refractivity contribution >= 4 is 23.9 Å². The summed E-state index contributed by atoms with van der Waals surface area (Å²) in [5.74, 6) is -3.66. The van der Waals surface area contributed by atoms with Gasteiger partial charge in [-0.15, -0.1) is 13.2 Å². The first-order chi connectivity index (χ1) is 21.6. The molecule has 0 aromatic heterocycles. The monoisotopic (exact) mass is 616 g/mol. The zero-order valence-corrected chi connectivity index (χ0v) is 23.2. The molecule has 228 valence electrons. The first-order valence-corrected chi connectivity index (χ1v) is 13.7.